The molecule has 6 aromatic rings. The average molecular weight is 1370 g/mol. The lowest BCUT2D eigenvalue weighted by Crippen LogP contribution is -2.47. The molecule has 4 atom stereocenters. The van der Waals surface area contributed by atoms with Crippen molar-refractivity contribution in [2.24, 2.45) is 0 Å². The van der Waals surface area contributed by atoms with Gasteiger partial charge in [0.1, 0.15) is 34.6 Å². The predicted octanol–water partition coefficient (Wildman–Crippen LogP) is 6.91. The Morgan fingerprint density at radius 1 is 0.371 bits per heavy atom. The van der Waals surface area contributed by atoms with Gasteiger partial charge in [0.05, 0.1) is 45.7 Å². The standard InChI is InChI=1S/2C12H20N2O3.3C11H18N2O3.C10H16N2O3/c1-6-9-7(2)10(14-17-9)11(15)13-8(3)12(4,5)16;1-5-9-8(3)10(14-17-9)11(15)13-7-12(4,16)6-2;1-5-8-7(2)9(13-16-8)10(14)12-6-11(3,4)15;1-5-8-6-9(13-16-8)10(14)12-7(2)11(3,4)15;1-4-8-6-9(13-16-8)10(14)12-7-11(3,15)5-2;1-4-7-5-8(12-15-7)9(13)11-6-10(2,3)14/h8,16H,6H2,1-5H3,(H,13,15);16H,5-7H2,1-4H3,(H,13,15);15H,5-6H2,1-4H3,(H,12,14);6-7,15H,5H2,1-4H3,(H,12,14);6,15H,4-5,7H2,1-3H3,(H,12,14);5,14H,4,6H2,1-3H3,(H,11,13). The van der Waals surface area contributed by atoms with Crippen molar-refractivity contribution in [3.63, 3.8) is 0 Å². The highest BCUT2D eigenvalue weighted by molar-refractivity contribution is 5.95. The summed E-state index contributed by atoms with van der Waals surface area (Å²) in [5.74, 6) is 2.23. The summed E-state index contributed by atoms with van der Waals surface area (Å²) in [6.45, 7) is 41.4. The van der Waals surface area contributed by atoms with Crippen LogP contribution in [0.25, 0.3) is 0 Å². The van der Waals surface area contributed by atoms with E-state index < -0.39 is 33.6 Å². The van der Waals surface area contributed by atoms with Gasteiger partial charge >= 0.3 is 0 Å². The molecule has 12 N–H and O–H groups in total. The highest BCUT2D eigenvalue weighted by atomic mass is 16.5. The van der Waals surface area contributed by atoms with Crippen molar-refractivity contribution in [2.45, 2.75) is 256 Å². The number of hydrogen-bond acceptors (Lipinski definition) is 24. The van der Waals surface area contributed by atoms with Gasteiger partial charge in [0.25, 0.3) is 35.4 Å². The van der Waals surface area contributed by atoms with Crippen molar-refractivity contribution in [1.29, 1.82) is 0 Å². The van der Waals surface area contributed by atoms with Crippen LogP contribution in [0, 0.1) is 20.8 Å². The van der Waals surface area contributed by atoms with Crippen molar-refractivity contribution in [2.75, 3.05) is 26.2 Å². The summed E-state index contributed by atoms with van der Waals surface area (Å²) < 4.78 is 29.9. The molecular weight excluding hydrogens is 1260 g/mol. The lowest BCUT2D eigenvalue weighted by molar-refractivity contribution is 0.0406. The minimum Gasteiger partial charge on any atom is -0.389 e. The molecule has 0 fully saturated rings. The van der Waals surface area contributed by atoms with Crippen molar-refractivity contribution in [3.05, 3.63) is 104 Å². The van der Waals surface area contributed by atoms with Gasteiger partial charge in [-0.1, -0.05) is 86.3 Å². The maximum Gasteiger partial charge on any atom is 0.274 e. The number of carbonyl (C=O) groups excluding carboxylic acids is 6. The quantitative estimate of drug-likeness (QED) is 0.0262. The lowest BCUT2D eigenvalue weighted by Gasteiger charge is -2.26. The Morgan fingerprint density at radius 2 is 0.629 bits per heavy atom. The summed E-state index contributed by atoms with van der Waals surface area (Å²) in [6, 6.07) is 4.08. The molecule has 0 aliphatic carbocycles. The molecular formula is C67H110N12O18. The first-order valence-electron chi connectivity index (χ1n) is 32.6. The summed E-state index contributed by atoms with van der Waals surface area (Å²) in [7, 11) is 0. The van der Waals surface area contributed by atoms with Crippen molar-refractivity contribution < 1.29 is 86.5 Å². The smallest absolute Gasteiger partial charge is 0.274 e. The third-order valence-electron chi connectivity index (χ3n) is 15.1. The second kappa shape index (κ2) is 39.3. The largest absolute Gasteiger partial charge is 0.389 e. The van der Waals surface area contributed by atoms with E-state index in [1.165, 1.54) is 0 Å². The van der Waals surface area contributed by atoms with Crippen LogP contribution in [-0.2, 0) is 38.5 Å². The molecule has 6 heterocycles. The fourth-order valence-corrected chi connectivity index (χ4v) is 7.12. The second-order valence-electron chi connectivity index (χ2n) is 26.1. The van der Waals surface area contributed by atoms with Gasteiger partial charge in [0, 0.05) is 99.6 Å². The second-order valence-corrected chi connectivity index (χ2v) is 26.1. The molecule has 30 nitrogen and oxygen atoms in total. The predicted molar refractivity (Wildman–Crippen MR) is 360 cm³/mol. The summed E-state index contributed by atoms with van der Waals surface area (Å²) in [6.07, 6.45) is 5.36. The number of nitrogens with one attached hydrogen (secondary N) is 6. The van der Waals surface area contributed by atoms with Crippen molar-refractivity contribution in [1.82, 2.24) is 62.8 Å². The summed E-state index contributed by atoms with van der Waals surface area (Å²) in [4.78, 5) is 70.2. The minimum absolute atomic E-state index is 0.180. The Bertz CT molecular complexity index is 3370. The molecule has 6 aromatic heterocycles. The van der Waals surface area contributed by atoms with Crippen LogP contribution >= 0.6 is 0 Å². The van der Waals surface area contributed by atoms with Crippen molar-refractivity contribution >= 4 is 35.4 Å². The summed E-state index contributed by atoms with van der Waals surface area (Å²) in [5, 5.41) is 95.7. The molecule has 0 radical (unpaired) electrons. The summed E-state index contributed by atoms with van der Waals surface area (Å²) in [5.41, 5.74) is -1.65. The van der Waals surface area contributed by atoms with Gasteiger partial charge < -0.3 is 89.7 Å². The van der Waals surface area contributed by atoms with Gasteiger partial charge in [-0.3, -0.25) is 28.8 Å². The van der Waals surface area contributed by atoms with Crippen LogP contribution in [-0.4, -0.2) is 169 Å². The zero-order chi connectivity index (χ0) is 74.6. The molecule has 0 spiro atoms. The monoisotopic (exact) mass is 1370 g/mol. The third-order valence-corrected chi connectivity index (χ3v) is 15.1. The van der Waals surface area contributed by atoms with Crippen LogP contribution in [0.3, 0.4) is 0 Å². The number of nitrogens with zero attached hydrogens (tertiary/aromatic N) is 6. The van der Waals surface area contributed by atoms with E-state index in [4.69, 9.17) is 27.1 Å². The van der Waals surface area contributed by atoms with Gasteiger partial charge in [0.15, 0.2) is 34.2 Å². The molecule has 0 saturated carbocycles. The van der Waals surface area contributed by atoms with E-state index in [1.54, 1.807) is 115 Å². The fraction of sp³-hybridized carbons (Fsp3) is 0.642. The normalized spacial score (nSPS) is 13.2. The number of amides is 6. The lowest BCUT2D eigenvalue weighted by atomic mass is 10.0. The number of aromatic nitrogens is 6. The number of hydrogen-bond donors (Lipinski definition) is 12. The molecule has 0 aromatic carbocycles. The molecule has 30 heteroatoms. The molecule has 0 saturated heterocycles. The number of aryl methyl sites for hydroxylation is 6. The van der Waals surface area contributed by atoms with Crippen LogP contribution in [0.4, 0.5) is 0 Å². The van der Waals surface area contributed by atoms with E-state index in [0.717, 1.165) is 22.5 Å². The SMILES string of the molecule is CCc1cc(C(=O)NC(C)C(C)(C)O)no1.CCc1cc(C(=O)NCC(C)(C)O)no1.CCc1cc(C(=O)NCC(C)(O)CC)no1.CCc1onc(C(=O)NC(C)C(C)(C)O)c1C.CCc1onc(C(=O)NCC(C)(C)O)c1C.CCc1onc(C(=O)NCC(C)(O)CC)c1C. The number of rotatable bonds is 26. The highest BCUT2D eigenvalue weighted by Gasteiger charge is 2.29. The number of aliphatic hydroxyl groups is 6. The van der Waals surface area contributed by atoms with E-state index in [1.807, 2.05) is 62.3 Å². The topological polar surface area (TPSA) is 452 Å². The van der Waals surface area contributed by atoms with Crippen molar-refractivity contribution in [3.8, 4) is 0 Å². The molecule has 4 unspecified atom stereocenters. The average Bonchev–Trinajstić information content (AvgIpc) is 1.89. The Labute approximate surface area is 568 Å². The zero-order valence-electron chi connectivity index (χ0n) is 61.1. The molecule has 546 valence electrons. The molecule has 6 amide bonds. The maximum atomic E-state index is 11.9. The summed E-state index contributed by atoms with van der Waals surface area (Å²) >= 11 is 0. The van der Waals surface area contributed by atoms with Gasteiger partial charge in [-0.05, 0) is 117 Å². The maximum absolute atomic E-state index is 11.9. The van der Waals surface area contributed by atoms with Gasteiger partial charge in [-0.25, -0.2) is 0 Å². The third kappa shape index (κ3) is 31.3. The first kappa shape index (κ1) is 86.9. The van der Waals surface area contributed by atoms with E-state index in [0.29, 0.717) is 91.6 Å². The molecule has 6 rings (SSSR count). The fourth-order valence-electron chi connectivity index (χ4n) is 7.12. The van der Waals surface area contributed by atoms with Crippen LogP contribution < -0.4 is 31.9 Å². The Kier molecular flexibility index (Phi) is 35.2. The number of carbonyl (C=O) groups is 6. The zero-order valence-corrected chi connectivity index (χ0v) is 61.1. The first-order chi connectivity index (χ1) is 44.8. The first-order valence-corrected chi connectivity index (χ1v) is 32.6. The molecule has 0 aliphatic heterocycles. The van der Waals surface area contributed by atoms with Crippen LogP contribution in [0.15, 0.2) is 45.3 Å². The molecule has 97 heavy (non-hydrogen) atoms. The molecule has 0 aliphatic rings. The van der Waals surface area contributed by atoms with Gasteiger partial charge in [-0.15, -0.1) is 0 Å². The van der Waals surface area contributed by atoms with Gasteiger partial charge in [0.2, 0.25) is 0 Å². The Balaban J connectivity index is 0.000000582. The van der Waals surface area contributed by atoms with E-state index in [2.05, 4.69) is 62.8 Å². The Hall–Kier alpha value is -8.16. The molecule has 0 bridgehead atoms. The Morgan fingerprint density at radius 3 is 0.876 bits per heavy atom. The van der Waals surface area contributed by atoms with Crippen LogP contribution in [0.1, 0.15) is 265 Å². The highest BCUT2D eigenvalue weighted by Crippen LogP contribution is 2.18. The van der Waals surface area contributed by atoms with Crippen LogP contribution in [0.5, 0.6) is 0 Å². The van der Waals surface area contributed by atoms with Gasteiger partial charge in [-0.2, -0.15) is 0 Å². The van der Waals surface area contributed by atoms with E-state index in [9.17, 15) is 59.4 Å². The van der Waals surface area contributed by atoms with E-state index >= 15 is 0 Å². The minimum atomic E-state index is -0.971. The van der Waals surface area contributed by atoms with Crippen LogP contribution in [0.2, 0.25) is 0 Å². The van der Waals surface area contributed by atoms with E-state index in [-0.39, 0.29) is 96.5 Å².